The third-order valence-corrected chi connectivity index (χ3v) is 14.7. The van der Waals surface area contributed by atoms with E-state index in [9.17, 15) is 53.4 Å². The number of halogens is 1. The molecular formula is C53H75BrN10O12. The Morgan fingerprint density at radius 2 is 1.61 bits per heavy atom. The fourth-order valence-electron chi connectivity index (χ4n) is 9.15. The van der Waals surface area contributed by atoms with Crippen LogP contribution in [0.3, 0.4) is 0 Å². The highest BCUT2D eigenvalue weighted by atomic mass is 79.9. The van der Waals surface area contributed by atoms with E-state index in [-0.39, 0.29) is 80.8 Å². The summed E-state index contributed by atoms with van der Waals surface area (Å²) in [5.41, 5.74) is 1.41. The number of ketones is 1. The molecule has 2 aliphatic rings. The monoisotopic (exact) mass is 1120 g/mol. The van der Waals surface area contributed by atoms with Crippen molar-refractivity contribution in [1.29, 1.82) is 0 Å². The maximum Gasteiger partial charge on any atom is 0.290 e. The number of aliphatic hydroxyl groups is 1. The maximum absolute atomic E-state index is 14.8. The Balaban J connectivity index is 1.48. The van der Waals surface area contributed by atoms with Crippen molar-refractivity contribution in [2.45, 2.75) is 168 Å². The molecule has 22 nitrogen and oxygen atoms in total. The van der Waals surface area contributed by atoms with Crippen LogP contribution in [-0.4, -0.2) is 134 Å². The molecule has 2 aromatic heterocycles. The zero-order chi connectivity index (χ0) is 56.0. The molecule has 2 aliphatic heterocycles. The molecule has 2 unspecified atom stereocenters. The van der Waals surface area contributed by atoms with Gasteiger partial charge in [0.2, 0.25) is 53.0 Å². The van der Waals surface area contributed by atoms with E-state index in [1.54, 1.807) is 26.8 Å². The molecule has 5 rings (SSSR count). The smallest absolute Gasteiger partial charge is 0.290 e. The molecule has 2 bridgehead atoms. The number of nitrogens with zero attached hydrogens (tertiary/aromatic N) is 2. The third-order valence-electron chi connectivity index (χ3n) is 14.0. The number of amides is 8. The summed E-state index contributed by atoms with van der Waals surface area (Å²) in [5.74, 6) is -7.67. The van der Waals surface area contributed by atoms with E-state index in [4.69, 9.17) is 4.42 Å². The summed E-state index contributed by atoms with van der Waals surface area (Å²) in [6.07, 6.45) is 4.48. The van der Waals surface area contributed by atoms with Gasteiger partial charge in [-0.05, 0) is 109 Å². The number of carbonyl (C=O) groups excluding carboxylic acids is 9. The average Bonchev–Trinajstić information content (AvgIpc) is 4.15. The molecule has 0 spiro atoms. The molecule has 1 saturated heterocycles. The summed E-state index contributed by atoms with van der Waals surface area (Å²) in [5, 5.41) is 40.7. The van der Waals surface area contributed by atoms with Gasteiger partial charge in [0.15, 0.2) is 0 Å². The van der Waals surface area contributed by atoms with Crippen molar-refractivity contribution < 1.29 is 57.8 Å². The first-order chi connectivity index (χ1) is 36.1. The molecule has 8 amide bonds. The van der Waals surface area contributed by atoms with Gasteiger partial charge in [-0.2, -0.15) is 0 Å². The number of aromatic nitrogens is 2. The minimum absolute atomic E-state index is 0.00646. The van der Waals surface area contributed by atoms with Crippen molar-refractivity contribution >= 4 is 85.9 Å². The number of aliphatic hydroxyl groups excluding tert-OH is 1. The predicted molar refractivity (Wildman–Crippen MR) is 284 cm³/mol. The van der Waals surface area contributed by atoms with Gasteiger partial charge in [-0.25, -0.2) is 4.98 Å². The largest absolute Gasteiger partial charge is 0.508 e. The summed E-state index contributed by atoms with van der Waals surface area (Å²) in [7, 11) is 0. The van der Waals surface area contributed by atoms with Gasteiger partial charge >= 0.3 is 0 Å². The Labute approximate surface area is 451 Å². The quantitative estimate of drug-likeness (QED) is 0.0923. The maximum atomic E-state index is 14.8. The predicted octanol–water partition coefficient (Wildman–Crippen LogP) is 3.25. The lowest BCUT2D eigenvalue weighted by molar-refractivity contribution is -0.144. The van der Waals surface area contributed by atoms with Gasteiger partial charge in [0.05, 0.1) is 10.6 Å². The summed E-state index contributed by atoms with van der Waals surface area (Å²) in [6, 6.07) is -3.47. The molecular weight excluding hydrogens is 1050 g/mol. The number of aromatic amines is 1. The number of rotatable bonds is 16. The van der Waals surface area contributed by atoms with E-state index in [2.05, 4.69) is 63.1 Å². The lowest BCUT2D eigenvalue weighted by Crippen LogP contribution is -2.60. The van der Waals surface area contributed by atoms with E-state index in [0.717, 1.165) is 6.08 Å². The van der Waals surface area contributed by atoms with Crippen LogP contribution in [0.15, 0.2) is 39.6 Å². The number of carbonyl (C=O) groups is 9. The highest BCUT2D eigenvalue weighted by Gasteiger charge is 2.41. The normalized spacial score (nSPS) is 22.9. The van der Waals surface area contributed by atoms with Crippen LogP contribution in [0.2, 0.25) is 0 Å². The Kier molecular flexibility index (Phi) is 22.2. The van der Waals surface area contributed by atoms with Crippen LogP contribution >= 0.6 is 15.9 Å². The van der Waals surface area contributed by atoms with Gasteiger partial charge in [0.25, 0.3) is 5.91 Å². The van der Waals surface area contributed by atoms with Crippen molar-refractivity contribution in [2.24, 2.45) is 17.8 Å². The topological polar surface area (TPSA) is 323 Å². The van der Waals surface area contributed by atoms with E-state index >= 15 is 0 Å². The molecule has 0 saturated carbocycles. The Morgan fingerprint density at radius 1 is 0.882 bits per heavy atom. The van der Waals surface area contributed by atoms with Crippen molar-refractivity contribution in [1.82, 2.24) is 52.1 Å². The SMILES string of the molecule is CCC[C@H](NC(=O)C(NC(=O)[C@@H](O)[C@@H](C)CC)C(C)CC)C(=O)N[C@H]1CCCNC(=O)[C@H](Cc2c(Br)[nH]c3ccc(O)cc23)NC(=O)/C=C/c2coc(n2)[C@H](C)NC(=O)C(=O)[C@H](CC(C)C)NC(=O)[C@@H]2CCCN2C1=O. The molecule has 10 atom stereocenters. The second-order valence-corrected chi connectivity index (χ2v) is 21.1. The number of oxazole rings is 1. The fraction of sp³-hybridized carbons (Fsp3) is 0.585. The molecule has 3 aromatic rings. The number of H-pyrrole nitrogens is 1. The number of hydrogen-bond donors (Lipinski definition) is 10. The van der Waals surface area contributed by atoms with Crippen LogP contribution in [0.5, 0.6) is 5.75 Å². The van der Waals surface area contributed by atoms with Gasteiger partial charge < -0.3 is 61.7 Å². The van der Waals surface area contributed by atoms with Crippen molar-refractivity contribution in [3.8, 4) is 5.75 Å². The van der Waals surface area contributed by atoms with Crippen LogP contribution in [0.4, 0.5) is 0 Å². The third kappa shape index (κ3) is 16.0. The first-order valence-electron chi connectivity index (χ1n) is 26.3. The lowest BCUT2D eigenvalue weighted by Gasteiger charge is -2.31. The van der Waals surface area contributed by atoms with Crippen LogP contribution in [-0.2, 0) is 49.6 Å². The van der Waals surface area contributed by atoms with Crippen molar-refractivity contribution in [3.05, 3.63) is 52.3 Å². The van der Waals surface area contributed by atoms with Crippen LogP contribution < -0.4 is 37.2 Å². The molecule has 0 radical (unpaired) electrons. The number of benzene rings is 1. The van der Waals surface area contributed by atoms with E-state index in [1.165, 1.54) is 36.3 Å². The summed E-state index contributed by atoms with van der Waals surface area (Å²) >= 11 is 3.51. The average molecular weight is 1120 g/mol. The molecule has 76 heavy (non-hydrogen) atoms. The summed E-state index contributed by atoms with van der Waals surface area (Å²) in [4.78, 5) is 134. The van der Waals surface area contributed by atoms with Gasteiger partial charge in [0.1, 0.15) is 60.1 Å². The second-order valence-electron chi connectivity index (χ2n) is 20.3. The van der Waals surface area contributed by atoms with Crippen LogP contribution in [0.1, 0.15) is 136 Å². The molecule has 1 aromatic carbocycles. The minimum Gasteiger partial charge on any atom is -0.508 e. The lowest BCUT2D eigenvalue weighted by atomic mass is 9.95. The summed E-state index contributed by atoms with van der Waals surface area (Å²) in [6.45, 7) is 14.1. The summed E-state index contributed by atoms with van der Waals surface area (Å²) < 4.78 is 6.08. The van der Waals surface area contributed by atoms with E-state index in [1.807, 2.05) is 27.7 Å². The number of nitrogens with one attached hydrogen (secondary N) is 8. The van der Waals surface area contributed by atoms with Gasteiger partial charge in [-0.1, -0.05) is 67.7 Å². The Hall–Kier alpha value is -6.62. The second kappa shape index (κ2) is 28.0. The molecule has 4 heterocycles. The zero-order valence-electron chi connectivity index (χ0n) is 44.5. The van der Waals surface area contributed by atoms with Crippen molar-refractivity contribution in [2.75, 3.05) is 13.1 Å². The van der Waals surface area contributed by atoms with Crippen LogP contribution in [0.25, 0.3) is 17.0 Å². The number of Topliss-reactive ketones (excluding diaryl/α,β-unsaturated/α-hetero) is 1. The number of aromatic hydroxyl groups is 1. The van der Waals surface area contributed by atoms with Crippen molar-refractivity contribution in [3.63, 3.8) is 0 Å². The molecule has 23 heteroatoms. The molecule has 1 fully saturated rings. The number of fused-ring (bicyclic) bond motifs is 4. The number of hydrogen-bond acceptors (Lipinski definition) is 13. The molecule has 10 N–H and O–H groups in total. The number of phenols is 1. The first kappa shape index (κ1) is 60.2. The minimum atomic E-state index is -1.37. The fourth-order valence-corrected chi connectivity index (χ4v) is 9.74. The molecule has 0 aliphatic carbocycles. The Bertz CT molecular complexity index is 2610. The first-order valence-corrected chi connectivity index (χ1v) is 27.1. The van der Waals surface area contributed by atoms with Crippen LogP contribution in [0, 0.1) is 17.8 Å². The number of phenolic OH excluding ortho intramolecular Hbond substituents is 1. The van der Waals surface area contributed by atoms with Gasteiger partial charge in [-0.3, -0.25) is 43.2 Å². The zero-order valence-corrected chi connectivity index (χ0v) is 46.1. The molecule has 416 valence electrons. The Morgan fingerprint density at radius 3 is 2.29 bits per heavy atom. The highest BCUT2D eigenvalue weighted by molar-refractivity contribution is 9.10. The van der Waals surface area contributed by atoms with E-state index < -0.39 is 107 Å². The standard InChI is InChI=1S/C53H75BrN10O12/c1-9-14-36(60-49(72)42(28(6)10-2)63-50(73)43(67)29(7)11-3)47(70)61-37-15-12-21-55-46(69)39(25-34-33-24-32(65)18-19-35(33)59-45(34)54)58-41(66)20-17-31-26-76-52(57-31)30(8)56-51(74)44(68)38(23-27(4)5)62-48(71)40-16-13-22-64(40)53(37)75/h17-20,24,26-30,36-40,42-43,59,65,67H,9-16,21-23,25H2,1-8H3,(H,55,69)(H,56,74)(H,58,66)(H,60,72)(H,61,70)(H,62,71)(H,63,73)/b20-17+/t28?,29-,30-,36-,37-,38-,39-,40-,42?,43-/m0/s1. The van der Waals surface area contributed by atoms with Gasteiger partial charge in [0, 0.05) is 36.5 Å². The van der Waals surface area contributed by atoms with Gasteiger partial charge in [-0.15, -0.1) is 0 Å². The highest BCUT2D eigenvalue weighted by Crippen LogP contribution is 2.31. The van der Waals surface area contributed by atoms with E-state index in [0.29, 0.717) is 46.8 Å².